The molecule has 7 nitrogen and oxygen atoms in total. The molecule has 0 aromatic rings. The van der Waals surface area contributed by atoms with Crippen LogP contribution in [0.3, 0.4) is 0 Å². The molecule has 0 amide bonds. The lowest BCUT2D eigenvalue weighted by molar-refractivity contribution is -0.174. The second-order valence-corrected chi connectivity index (χ2v) is 6.86. The Kier molecular flexibility index (Phi) is 3.73. The maximum Gasteiger partial charge on any atom is 0.324 e. The van der Waals surface area contributed by atoms with Gasteiger partial charge in [-0.2, -0.15) is 0 Å². The summed E-state index contributed by atoms with van der Waals surface area (Å²) in [7, 11) is 0. The fraction of sp³-hybridized carbons (Fsp3) is 0.786. The fourth-order valence-corrected chi connectivity index (χ4v) is 3.03. The van der Waals surface area contributed by atoms with Crippen LogP contribution in [0.5, 0.6) is 0 Å². The highest BCUT2D eigenvalue weighted by molar-refractivity contribution is 5.85. The summed E-state index contributed by atoms with van der Waals surface area (Å²) < 4.78 is 9.76. The second kappa shape index (κ2) is 4.98. The van der Waals surface area contributed by atoms with E-state index in [0.29, 0.717) is 12.8 Å². The molecule has 0 heterocycles. The molecule has 2 rings (SSSR count). The molecule has 0 aromatic heterocycles. The zero-order valence-electron chi connectivity index (χ0n) is 12.4. The molecule has 2 fully saturated rings. The first kappa shape index (κ1) is 15.8. The largest absolute Gasteiger partial charge is 0.480 e. The van der Waals surface area contributed by atoms with Crippen LogP contribution in [0, 0.1) is 23.2 Å². The van der Waals surface area contributed by atoms with E-state index in [1.807, 2.05) is 0 Å². The third kappa shape index (κ3) is 2.74. The van der Waals surface area contributed by atoms with E-state index >= 15 is 0 Å². The SMILES string of the molecule is CC(C)(C)C(=O)OCOC(=O)[C@H]1[C@@H]2CC[C@@](N)(C(=O)O)[C@@H]21. The number of rotatable bonds is 4. The minimum absolute atomic E-state index is 0.0306. The van der Waals surface area contributed by atoms with Crippen molar-refractivity contribution in [2.24, 2.45) is 28.9 Å². The normalized spacial score (nSPS) is 34.0. The maximum atomic E-state index is 11.9. The molecule has 2 aliphatic rings. The van der Waals surface area contributed by atoms with Gasteiger partial charge in [-0.25, -0.2) is 0 Å². The summed E-state index contributed by atoms with van der Waals surface area (Å²) in [6, 6.07) is 0. The molecule has 118 valence electrons. The van der Waals surface area contributed by atoms with Gasteiger partial charge in [0.05, 0.1) is 11.3 Å². The van der Waals surface area contributed by atoms with Crippen LogP contribution >= 0.6 is 0 Å². The van der Waals surface area contributed by atoms with E-state index in [0.717, 1.165) is 0 Å². The van der Waals surface area contributed by atoms with Gasteiger partial charge in [-0.1, -0.05) is 0 Å². The Hall–Kier alpha value is -1.63. The highest BCUT2D eigenvalue weighted by atomic mass is 16.7. The number of aliphatic carboxylic acids is 1. The maximum absolute atomic E-state index is 11.9. The van der Waals surface area contributed by atoms with Gasteiger partial charge in [-0.3, -0.25) is 14.4 Å². The highest BCUT2D eigenvalue weighted by Gasteiger charge is 2.70. The number of carbonyl (C=O) groups excluding carboxylic acids is 2. The van der Waals surface area contributed by atoms with Crippen molar-refractivity contribution < 1.29 is 29.0 Å². The van der Waals surface area contributed by atoms with Crippen LogP contribution in [-0.2, 0) is 23.9 Å². The van der Waals surface area contributed by atoms with Crippen molar-refractivity contribution >= 4 is 17.9 Å². The number of nitrogens with two attached hydrogens (primary N) is 1. The molecular weight excluding hydrogens is 278 g/mol. The van der Waals surface area contributed by atoms with Crippen molar-refractivity contribution in [3.63, 3.8) is 0 Å². The molecule has 0 saturated heterocycles. The van der Waals surface area contributed by atoms with Gasteiger partial charge in [-0.05, 0) is 39.5 Å². The first-order chi connectivity index (χ1) is 9.59. The van der Waals surface area contributed by atoms with Crippen LogP contribution in [0.25, 0.3) is 0 Å². The van der Waals surface area contributed by atoms with E-state index in [4.69, 9.17) is 20.3 Å². The minimum Gasteiger partial charge on any atom is -0.480 e. The zero-order valence-corrected chi connectivity index (χ0v) is 12.4. The lowest BCUT2D eigenvalue weighted by Crippen LogP contribution is -2.49. The molecular formula is C14H21NO6. The zero-order chi connectivity index (χ0) is 16.0. The Bertz CT molecular complexity index is 482. The predicted molar refractivity (Wildman–Crippen MR) is 70.8 cm³/mol. The first-order valence-electron chi connectivity index (χ1n) is 6.95. The molecule has 3 N–H and O–H groups in total. The van der Waals surface area contributed by atoms with Crippen molar-refractivity contribution in [1.82, 2.24) is 0 Å². The van der Waals surface area contributed by atoms with Crippen molar-refractivity contribution in [2.45, 2.75) is 39.2 Å². The summed E-state index contributed by atoms with van der Waals surface area (Å²) in [5.74, 6) is -2.98. The van der Waals surface area contributed by atoms with Crippen molar-refractivity contribution in [2.75, 3.05) is 6.79 Å². The van der Waals surface area contributed by atoms with E-state index in [-0.39, 0.29) is 11.8 Å². The molecule has 2 aliphatic carbocycles. The van der Waals surface area contributed by atoms with Crippen LogP contribution in [-0.4, -0.2) is 35.3 Å². The van der Waals surface area contributed by atoms with Crippen LogP contribution in [0.1, 0.15) is 33.6 Å². The number of ether oxygens (including phenoxy) is 2. The molecule has 2 saturated carbocycles. The van der Waals surface area contributed by atoms with Gasteiger partial charge in [0, 0.05) is 5.92 Å². The highest BCUT2D eigenvalue weighted by Crippen LogP contribution is 2.61. The smallest absolute Gasteiger partial charge is 0.324 e. The summed E-state index contributed by atoms with van der Waals surface area (Å²) in [6.45, 7) is 4.63. The van der Waals surface area contributed by atoms with Crippen LogP contribution < -0.4 is 5.73 Å². The molecule has 4 atom stereocenters. The Morgan fingerprint density at radius 2 is 1.90 bits per heavy atom. The van der Waals surface area contributed by atoms with Crippen LogP contribution in [0.4, 0.5) is 0 Å². The van der Waals surface area contributed by atoms with Gasteiger partial charge in [0.25, 0.3) is 0 Å². The van der Waals surface area contributed by atoms with E-state index in [1.54, 1.807) is 20.8 Å². The minimum atomic E-state index is -1.34. The average molecular weight is 299 g/mol. The summed E-state index contributed by atoms with van der Waals surface area (Å²) in [5, 5.41) is 9.16. The quantitative estimate of drug-likeness (QED) is 0.574. The standard InChI is InChI=1S/C14H21NO6/c1-13(2,3)12(19)21-6-20-10(16)8-7-4-5-14(15,9(7)8)11(17)18/h7-9H,4-6,15H2,1-3H3,(H,17,18)/t7-,8-,9-,14-/m0/s1. The Labute approximate surface area is 122 Å². The van der Waals surface area contributed by atoms with Gasteiger partial charge in [-0.15, -0.1) is 0 Å². The van der Waals surface area contributed by atoms with Crippen molar-refractivity contribution in [3.05, 3.63) is 0 Å². The van der Waals surface area contributed by atoms with E-state index in [2.05, 4.69) is 0 Å². The van der Waals surface area contributed by atoms with Gasteiger partial charge < -0.3 is 20.3 Å². The van der Waals surface area contributed by atoms with Crippen LogP contribution in [0.2, 0.25) is 0 Å². The number of hydrogen-bond donors (Lipinski definition) is 2. The van der Waals surface area contributed by atoms with Crippen molar-refractivity contribution in [1.29, 1.82) is 0 Å². The predicted octanol–water partition coefficient (Wildman–Crippen LogP) is 0.515. The molecule has 0 aliphatic heterocycles. The summed E-state index contributed by atoms with van der Waals surface area (Å²) in [6.07, 6.45) is 0.982. The lowest BCUT2D eigenvalue weighted by Gasteiger charge is -2.21. The molecule has 0 spiro atoms. The van der Waals surface area contributed by atoms with Crippen LogP contribution in [0.15, 0.2) is 0 Å². The average Bonchev–Trinajstić information content (AvgIpc) is 3.00. The summed E-state index contributed by atoms with van der Waals surface area (Å²) in [4.78, 5) is 34.6. The fourth-order valence-electron chi connectivity index (χ4n) is 3.03. The lowest BCUT2D eigenvalue weighted by atomic mass is 9.92. The van der Waals surface area contributed by atoms with Crippen molar-refractivity contribution in [3.8, 4) is 0 Å². The van der Waals surface area contributed by atoms with E-state index in [9.17, 15) is 14.4 Å². The van der Waals surface area contributed by atoms with Gasteiger partial charge in [0.2, 0.25) is 6.79 Å². The number of hydrogen-bond acceptors (Lipinski definition) is 6. The van der Waals surface area contributed by atoms with Gasteiger partial charge in [0.1, 0.15) is 5.54 Å². The molecule has 0 bridgehead atoms. The number of carbonyl (C=O) groups is 3. The number of esters is 2. The summed E-state index contributed by atoms with van der Waals surface area (Å²) >= 11 is 0. The van der Waals surface area contributed by atoms with Gasteiger partial charge >= 0.3 is 17.9 Å². The Morgan fingerprint density at radius 1 is 1.29 bits per heavy atom. The number of fused-ring (bicyclic) bond motifs is 1. The molecule has 0 aromatic carbocycles. The molecule has 21 heavy (non-hydrogen) atoms. The Balaban J connectivity index is 1.82. The van der Waals surface area contributed by atoms with E-state index in [1.165, 1.54) is 0 Å². The molecule has 7 heteroatoms. The number of carboxylic acid groups (broad SMARTS) is 1. The van der Waals surface area contributed by atoms with E-state index < -0.39 is 41.6 Å². The molecule has 0 unspecified atom stereocenters. The third-order valence-electron chi connectivity index (χ3n) is 4.33. The third-order valence-corrected chi connectivity index (χ3v) is 4.33. The molecule has 0 radical (unpaired) electrons. The Morgan fingerprint density at radius 3 is 2.43 bits per heavy atom. The monoisotopic (exact) mass is 299 g/mol. The topological polar surface area (TPSA) is 116 Å². The van der Waals surface area contributed by atoms with Gasteiger partial charge in [0.15, 0.2) is 0 Å². The number of carboxylic acids is 1. The first-order valence-corrected chi connectivity index (χ1v) is 6.95. The second-order valence-electron chi connectivity index (χ2n) is 6.86. The summed E-state index contributed by atoms with van der Waals surface area (Å²) in [5.41, 5.74) is 3.85.